The van der Waals surface area contributed by atoms with Crippen LogP contribution in [0.3, 0.4) is 0 Å². The van der Waals surface area contributed by atoms with Crippen molar-refractivity contribution in [3.63, 3.8) is 0 Å². The maximum absolute atomic E-state index is 13.2. The molecule has 0 bridgehead atoms. The van der Waals surface area contributed by atoms with Crippen LogP contribution < -0.4 is 0 Å². The molecule has 5 rings (SSSR count). The molecular formula is C20H20N2OS2. The second-order valence-corrected chi connectivity index (χ2v) is 9.14. The van der Waals surface area contributed by atoms with Crippen molar-refractivity contribution in [1.29, 1.82) is 0 Å². The number of thiazole rings is 1. The van der Waals surface area contributed by atoms with E-state index in [1.54, 1.807) is 22.7 Å². The Morgan fingerprint density at radius 1 is 1.12 bits per heavy atom. The van der Waals surface area contributed by atoms with E-state index in [0.717, 1.165) is 47.6 Å². The molecule has 1 saturated heterocycles. The first-order valence-electron chi connectivity index (χ1n) is 9.07. The number of benzene rings is 1. The van der Waals surface area contributed by atoms with E-state index < -0.39 is 0 Å². The van der Waals surface area contributed by atoms with Crippen molar-refractivity contribution in [2.75, 3.05) is 6.54 Å². The van der Waals surface area contributed by atoms with Crippen LogP contribution in [0.5, 0.6) is 0 Å². The lowest BCUT2D eigenvalue weighted by Crippen LogP contribution is -2.38. The largest absolute Gasteiger partial charge is 0.328 e. The topological polar surface area (TPSA) is 33.2 Å². The van der Waals surface area contributed by atoms with Gasteiger partial charge in [-0.25, -0.2) is 4.98 Å². The van der Waals surface area contributed by atoms with Gasteiger partial charge in [0.25, 0.3) is 5.91 Å². The summed E-state index contributed by atoms with van der Waals surface area (Å²) in [6.07, 6.45) is 6.82. The van der Waals surface area contributed by atoms with E-state index in [1.807, 2.05) is 6.07 Å². The summed E-state index contributed by atoms with van der Waals surface area (Å²) in [5, 5.41) is 1.10. The summed E-state index contributed by atoms with van der Waals surface area (Å²) >= 11 is 3.46. The number of para-hydroxylation sites is 1. The molecule has 3 nitrogen and oxygen atoms in total. The first-order chi connectivity index (χ1) is 12.3. The molecule has 1 aliphatic carbocycles. The van der Waals surface area contributed by atoms with Gasteiger partial charge in [-0.1, -0.05) is 12.1 Å². The highest BCUT2D eigenvalue weighted by atomic mass is 32.1. The summed E-state index contributed by atoms with van der Waals surface area (Å²) in [4.78, 5) is 22.5. The van der Waals surface area contributed by atoms with Crippen molar-refractivity contribution in [3.05, 3.63) is 50.7 Å². The fourth-order valence-corrected chi connectivity index (χ4v) is 6.36. The minimum absolute atomic E-state index is 0.135. The van der Waals surface area contributed by atoms with Gasteiger partial charge in [0.05, 0.1) is 21.1 Å². The summed E-state index contributed by atoms with van der Waals surface area (Å²) in [6, 6.07) is 10.6. The van der Waals surface area contributed by atoms with Gasteiger partial charge in [0.15, 0.2) is 0 Å². The van der Waals surface area contributed by atoms with Crippen LogP contribution in [-0.2, 0) is 12.8 Å². The molecule has 1 fully saturated rings. The molecule has 2 aromatic heterocycles. The molecule has 5 heteroatoms. The number of carbonyl (C=O) groups excluding carboxylic acids is 1. The Morgan fingerprint density at radius 3 is 2.92 bits per heavy atom. The summed E-state index contributed by atoms with van der Waals surface area (Å²) in [5.74, 6) is 0.211. The number of aromatic nitrogens is 1. The molecule has 3 heterocycles. The van der Waals surface area contributed by atoms with Crippen molar-refractivity contribution < 1.29 is 4.79 Å². The molecule has 0 unspecified atom stereocenters. The number of piperidine rings is 1. The summed E-state index contributed by atoms with van der Waals surface area (Å²) in [7, 11) is 0. The second-order valence-electron chi connectivity index (χ2n) is 6.94. The van der Waals surface area contributed by atoms with Gasteiger partial charge in [-0.2, -0.15) is 0 Å². The Morgan fingerprint density at radius 2 is 2.04 bits per heavy atom. The Labute approximate surface area is 155 Å². The number of likely N-dealkylation sites (tertiary alicyclic amines) is 1. The number of amides is 1. The Balaban J connectivity index is 1.48. The molecule has 1 atom stereocenters. The van der Waals surface area contributed by atoms with Crippen molar-refractivity contribution in [2.45, 2.75) is 44.6 Å². The molecular weight excluding hydrogens is 348 g/mol. The van der Waals surface area contributed by atoms with Crippen molar-refractivity contribution in [3.8, 4) is 0 Å². The normalized spacial score (nSPS) is 20.2. The third kappa shape index (κ3) is 2.70. The highest BCUT2D eigenvalue weighted by molar-refractivity contribution is 7.18. The summed E-state index contributed by atoms with van der Waals surface area (Å²) < 4.78 is 1.21. The molecule has 1 aromatic carbocycles. The average molecular weight is 369 g/mol. The standard InChI is InChI=1S/C20H20N2OS2/c23-20(18-12-13-6-5-10-16(13)24-18)22-11-4-3-8-15(22)19-21-14-7-1-2-9-17(14)25-19/h1-2,7,9,12,15H,3-6,8,10-11H2/t15-/m1/s1. The van der Waals surface area contributed by atoms with Crippen LogP contribution in [0, 0.1) is 0 Å². The highest BCUT2D eigenvalue weighted by Crippen LogP contribution is 2.38. The Bertz CT molecular complexity index is 888. The van der Waals surface area contributed by atoms with E-state index in [0.29, 0.717) is 0 Å². The minimum atomic E-state index is 0.135. The average Bonchev–Trinajstić information content (AvgIpc) is 3.34. The van der Waals surface area contributed by atoms with Crippen molar-refractivity contribution in [2.24, 2.45) is 0 Å². The summed E-state index contributed by atoms with van der Waals surface area (Å²) in [6.45, 7) is 0.849. The molecule has 1 amide bonds. The molecule has 0 N–H and O–H groups in total. The monoisotopic (exact) mass is 368 g/mol. The molecule has 1 aliphatic heterocycles. The first-order valence-corrected chi connectivity index (χ1v) is 10.7. The zero-order valence-corrected chi connectivity index (χ0v) is 15.7. The predicted molar refractivity (Wildman–Crippen MR) is 104 cm³/mol. The molecule has 0 spiro atoms. The number of rotatable bonds is 2. The molecule has 2 aliphatic rings. The lowest BCUT2D eigenvalue weighted by Gasteiger charge is -2.34. The van der Waals surface area contributed by atoms with Gasteiger partial charge in [0.2, 0.25) is 0 Å². The van der Waals surface area contributed by atoms with Crippen LogP contribution in [0.2, 0.25) is 0 Å². The lowest BCUT2D eigenvalue weighted by atomic mass is 10.0. The number of hydrogen-bond donors (Lipinski definition) is 0. The van der Waals surface area contributed by atoms with Gasteiger partial charge in [-0.3, -0.25) is 4.79 Å². The van der Waals surface area contributed by atoms with Crippen LogP contribution in [0.25, 0.3) is 10.2 Å². The molecule has 0 saturated carbocycles. The highest BCUT2D eigenvalue weighted by Gasteiger charge is 2.32. The summed E-state index contributed by atoms with van der Waals surface area (Å²) in [5.41, 5.74) is 2.46. The van der Waals surface area contributed by atoms with Gasteiger partial charge in [-0.05, 0) is 62.3 Å². The van der Waals surface area contributed by atoms with E-state index in [-0.39, 0.29) is 11.9 Å². The quantitative estimate of drug-likeness (QED) is 0.622. The first kappa shape index (κ1) is 15.5. The van der Waals surface area contributed by atoms with Crippen molar-refractivity contribution in [1.82, 2.24) is 9.88 Å². The number of hydrogen-bond acceptors (Lipinski definition) is 4. The predicted octanol–water partition coefficient (Wildman–Crippen LogP) is 5.21. The third-order valence-electron chi connectivity index (χ3n) is 5.32. The molecule has 0 radical (unpaired) electrons. The minimum Gasteiger partial charge on any atom is -0.328 e. The van der Waals surface area contributed by atoms with E-state index in [1.165, 1.54) is 28.0 Å². The van der Waals surface area contributed by atoms with Crippen LogP contribution in [-0.4, -0.2) is 22.3 Å². The van der Waals surface area contributed by atoms with E-state index in [4.69, 9.17) is 4.98 Å². The van der Waals surface area contributed by atoms with Crippen LogP contribution in [0.15, 0.2) is 30.3 Å². The Hall–Kier alpha value is -1.72. The number of aryl methyl sites for hydroxylation is 2. The Kier molecular flexibility index (Phi) is 3.86. The number of thiophene rings is 1. The molecule has 25 heavy (non-hydrogen) atoms. The molecule has 3 aromatic rings. The second kappa shape index (κ2) is 6.22. The molecule has 128 valence electrons. The fourth-order valence-electron chi connectivity index (χ4n) is 4.04. The van der Waals surface area contributed by atoms with Gasteiger partial charge < -0.3 is 4.90 Å². The smallest absolute Gasteiger partial charge is 0.264 e. The van der Waals surface area contributed by atoms with Gasteiger partial charge in [-0.15, -0.1) is 22.7 Å². The van der Waals surface area contributed by atoms with Crippen LogP contribution in [0.1, 0.15) is 56.8 Å². The van der Waals surface area contributed by atoms with Crippen LogP contribution in [0.4, 0.5) is 0 Å². The van der Waals surface area contributed by atoms with E-state index >= 15 is 0 Å². The van der Waals surface area contributed by atoms with E-state index in [2.05, 4.69) is 29.2 Å². The number of carbonyl (C=O) groups is 1. The number of nitrogens with zero attached hydrogens (tertiary/aromatic N) is 2. The third-order valence-corrected chi connectivity index (χ3v) is 7.68. The van der Waals surface area contributed by atoms with Gasteiger partial charge in [0, 0.05) is 11.4 Å². The zero-order valence-electron chi connectivity index (χ0n) is 14.0. The SMILES string of the molecule is O=C(c1cc2c(s1)CCC2)N1CCCC[C@@H]1c1nc2ccccc2s1. The van der Waals surface area contributed by atoms with Gasteiger partial charge in [0.1, 0.15) is 5.01 Å². The van der Waals surface area contributed by atoms with E-state index in [9.17, 15) is 4.79 Å². The van der Waals surface area contributed by atoms with Crippen molar-refractivity contribution >= 4 is 38.8 Å². The van der Waals surface area contributed by atoms with Gasteiger partial charge >= 0.3 is 0 Å². The zero-order chi connectivity index (χ0) is 16.8. The van der Waals surface area contributed by atoms with Crippen LogP contribution >= 0.6 is 22.7 Å². The maximum atomic E-state index is 13.2. The maximum Gasteiger partial charge on any atom is 0.264 e. The number of fused-ring (bicyclic) bond motifs is 2. The lowest BCUT2D eigenvalue weighted by molar-refractivity contribution is 0.0616. The fraction of sp³-hybridized carbons (Fsp3) is 0.400.